The van der Waals surface area contributed by atoms with Gasteiger partial charge in [-0.2, -0.15) is 0 Å². The number of hydrogen-bond acceptors (Lipinski definition) is 3. The molecule has 1 heterocycles. The van der Waals surface area contributed by atoms with Gasteiger partial charge >= 0.3 is 0 Å². The predicted molar refractivity (Wildman–Crippen MR) is 89.7 cm³/mol. The first kappa shape index (κ1) is 16.4. The molecule has 2 atom stereocenters. The fourth-order valence-electron chi connectivity index (χ4n) is 2.32. The highest BCUT2D eigenvalue weighted by molar-refractivity contribution is 7.90. The van der Waals surface area contributed by atoms with Crippen LogP contribution in [0.15, 0.2) is 34.9 Å². The molecule has 0 fully saturated rings. The van der Waals surface area contributed by atoms with Crippen LogP contribution < -0.4 is 0 Å². The summed E-state index contributed by atoms with van der Waals surface area (Å²) in [6, 6.07) is 8.58. The van der Waals surface area contributed by atoms with Crippen molar-refractivity contribution in [2.75, 3.05) is 7.05 Å². The van der Waals surface area contributed by atoms with Gasteiger partial charge in [-0.1, -0.05) is 6.07 Å². The Morgan fingerprint density at radius 1 is 1.29 bits per heavy atom. The first-order valence-corrected chi connectivity index (χ1v) is 8.50. The first-order chi connectivity index (χ1) is 9.79. The number of rotatable bonds is 5. The number of benzene rings is 1. The molecule has 116 valence electrons. The lowest BCUT2D eigenvalue weighted by Gasteiger charge is -2.33. The van der Waals surface area contributed by atoms with E-state index in [1.807, 2.05) is 44.3 Å². The summed E-state index contributed by atoms with van der Waals surface area (Å²) in [5.41, 5.74) is 2.23. The van der Waals surface area contributed by atoms with E-state index in [1.165, 1.54) is 5.56 Å². The van der Waals surface area contributed by atoms with Gasteiger partial charge in [-0.05, 0) is 64.3 Å². The van der Waals surface area contributed by atoms with E-state index < -0.39 is 11.4 Å². The monoisotopic (exact) mass is 307 g/mol. The Hall–Kier alpha value is -0.970. The lowest BCUT2D eigenvalue weighted by Crippen LogP contribution is -2.45. The highest BCUT2D eigenvalue weighted by Gasteiger charge is 2.33. The highest BCUT2D eigenvalue weighted by atomic mass is 32.2. The van der Waals surface area contributed by atoms with Crippen molar-refractivity contribution in [1.29, 1.82) is 0 Å². The minimum absolute atomic E-state index is 0.210. The molecular weight excluding hydrogens is 282 g/mol. The van der Waals surface area contributed by atoms with Crippen molar-refractivity contribution in [1.82, 2.24) is 4.31 Å². The molecule has 0 aliphatic rings. The van der Waals surface area contributed by atoms with Crippen molar-refractivity contribution < 1.29 is 8.97 Å². The zero-order chi connectivity index (χ0) is 15.6. The van der Waals surface area contributed by atoms with Crippen LogP contribution in [0.2, 0.25) is 0 Å². The summed E-state index contributed by atoms with van der Waals surface area (Å²) in [6.07, 6.45) is 3.69. The van der Waals surface area contributed by atoms with E-state index in [0.29, 0.717) is 0 Å². The molecule has 1 aromatic heterocycles. The SMILES string of the molecule is C[C@@H](CCc1ccc2occc2c1)N(C)[S+]([O-])C(C)(C)C. The van der Waals surface area contributed by atoms with Crippen molar-refractivity contribution in [3.05, 3.63) is 36.1 Å². The third-order valence-corrected chi connectivity index (χ3v) is 5.70. The molecule has 2 aromatic rings. The van der Waals surface area contributed by atoms with Crippen LogP contribution in [0.1, 0.15) is 39.7 Å². The van der Waals surface area contributed by atoms with E-state index in [9.17, 15) is 4.55 Å². The van der Waals surface area contributed by atoms with Crippen molar-refractivity contribution in [3.63, 3.8) is 0 Å². The van der Waals surface area contributed by atoms with E-state index >= 15 is 0 Å². The summed E-state index contributed by atoms with van der Waals surface area (Å²) in [6.45, 7) is 8.18. The van der Waals surface area contributed by atoms with Gasteiger partial charge in [-0.15, -0.1) is 4.31 Å². The molecule has 0 spiro atoms. The van der Waals surface area contributed by atoms with Crippen molar-refractivity contribution in [2.24, 2.45) is 0 Å². The Labute approximate surface area is 130 Å². The topological polar surface area (TPSA) is 39.4 Å². The van der Waals surface area contributed by atoms with E-state index in [-0.39, 0.29) is 10.8 Å². The first-order valence-electron chi connectivity index (χ1n) is 7.40. The van der Waals surface area contributed by atoms with Crippen LogP contribution in [-0.2, 0) is 17.8 Å². The molecule has 1 unspecified atom stereocenters. The molecule has 3 nitrogen and oxygen atoms in total. The number of hydrogen-bond donors (Lipinski definition) is 0. The van der Waals surface area contributed by atoms with Crippen LogP contribution in [0.5, 0.6) is 0 Å². The van der Waals surface area contributed by atoms with Crippen LogP contribution >= 0.6 is 0 Å². The molecule has 0 aliphatic heterocycles. The quantitative estimate of drug-likeness (QED) is 0.779. The maximum Gasteiger partial charge on any atom is 0.137 e. The van der Waals surface area contributed by atoms with E-state index in [0.717, 1.165) is 23.8 Å². The molecule has 0 radical (unpaired) electrons. The summed E-state index contributed by atoms with van der Waals surface area (Å²) in [4.78, 5) is 0. The molecule has 0 saturated carbocycles. The normalized spacial score (nSPS) is 15.6. The van der Waals surface area contributed by atoms with Gasteiger partial charge in [0.2, 0.25) is 0 Å². The third kappa shape index (κ3) is 4.02. The maximum absolute atomic E-state index is 12.4. The molecule has 1 aromatic carbocycles. The van der Waals surface area contributed by atoms with Crippen LogP contribution in [0, 0.1) is 0 Å². The fourth-order valence-corrected chi connectivity index (χ4v) is 3.62. The standard InChI is InChI=1S/C17H25NO2S/c1-13(18(5)21(19)17(2,3)4)6-7-14-8-9-16-15(12-14)10-11-20-16/h8-13H,6-7H2,1-5H3/t13-,21?/m0/s1. The zero-order valence-electron chi connectivity index (χ0n) is 13.6. The Kier molecular flexibility index (Phi) is 5.02. The molecule has 0 amide bonds. The van der Waals surface area contributed by atoms with E-state index in [2.05, 4.69) is 19.1 Å². The summed E-state index contributed by atoms with van der Waals surface area (Å²) in [7, 11) is 1.95. The summed E-state index contributed by atoms with van der Waals surface area (Å²) in [5.74, 6) is 0. The van der Waals surface area contributed by atoms with Gasteiger partial charge in [0.1, 0.15) is 10.3 Å². The van der Waals surface area contributed by atoms with Gasteiger partial charge < -0.3 is 8.97 Å². The second kappa shape index (κ2) is 6.42. The lowest BCUT2D eigenvalue weighted by molar-refractivity contribution is 0.359. The molecular formula is C17H25NO2S. The zero-order valence-corrected chi connectivity index (χ0v) is 14.4. The Morgan fingerprint density at radius 3 is 2.67 bits per heavy atom. The molecule has 21 heavy (non-hydrogen) atoms. The summed E-state index contributed by atoms with van der Waals surface area (Å²) < 4.78 is 19.5. The highest BCUT2D eigenvalue weighted by Crippen LogP contribution is 2.23. The van der Waals surface area contributed by atoms with Crippen LogP contribution in [0.25, 0.3) is 11.0 Å². The minimum atomic E-state index is -0.968. The van der Waals surface area contributed by atoms with Gasteiger partial charge in [-0.25, -0.2) is 0 Å². The molecule has 0 N–H and O–H groups in total. The van der Waals surface area contributed by atoms with E-state index in [1.54, 1.807) is 6.26 Å². The number of aryl methyl sites for hydroxylation is 1. The number of nitrogens with zero attached hydrogens (tertiary/aromatic N) is 1. The summed E-state index contributed by atoms with van der Waals surface area (Å²) >= 11 is -0.968. The largest absolute Gasteiger partial charge is 0.598 e. The number of fused-ring (bicyclic) bond motifs is 1. The third-order valence-electron chi connectivity index (χ3n) is 3.77. The second-order valence-electron chi connectivity index (χ2n) is 6.59. The van der Waals surface area contributed by atoms with Crippen LogP contribution in [0.3, 0.4) is 0 Å². The maximum atomic E-state index is 12.4. The average molecular weight is 307 g/mol. The van der Waals surface area contributed by atoms with Crippen molar-refractivity contribution in [3.8, 4) is 0 Å². The average Bonchev–Trinajstić information content (AvgIpc) is 2.89. The molecule has 0 aliphatic carbocycles. The van der Waals surface area contributed by atoms with E-state index in [4.69, 9.17) is 4.42 Å². The Morgan fingerprint density at radius 2 is 2.00 bits per heavy atom. The molecule has 4 heteroatoms. The lowest BCUT2D eigenvalue weighted by atomic mass is 10.0. The van der Waals surface area contributed by atoms with Crippen molar-refractivity contribution in [2.45, 2.75) is 51.3 Å². The second-order valence-corrected chi connectivity index (χ2v) is 8.89. The van der Waals surface area contributed by atoms with Gasteiger partial charge in [0.15, 0.2) is 0 Å². The van der Waals surface area contributed by atoms with Gasteiger partial charge in [-0.3, -0.25) is 0 Å². The van der Waals surface area contributed by atoms with Gasteiger partial charge in [0.05, 0.1) is 12.3 Å². The Balaban J connectivity index is 1.95. The Bertz CT molecular complexity index is 588. The fraction of sp³-hybridized carbons (Fsp3) is 0.529. The van der Waals surface area contributed by atoms with Crippen molar-refractivity contribution >= 4 is 22.3 Å². The molecule has 0 saturated heterocycles. The predicted octanol–water partition coefficient (Wildman–Crippen LogP) is 4.15. The smallest absolute Gasteiger partial charge is 0.137 e. The number of furan rings is 1. The summed E-state index contributed by atoms with van der Waals surface area (Å²) in [5, 5.41) is 1.15. The van der Waals surface area contributed by atoms with Gasteiger partial charge in [0, 0.05) is 23.8 Å². The molecule has 2 rings (SSSR count). The van der Waals surface area contributed by atoms with Crippen LogP contribution in [-0.4, -0.2) is 26.7 Å². The molecule has 0 bridgehead atoms. The van der Waals surface area contributed by atoms with Crippen LogP contribution in [0.4, 0.5) is 0 Å². The van der Waals surface area contributed by atoms with Gasteiger partial charge in [0.25, 0.3) is 0 Å². The minimum Gasteiger partial charge on any atom is -0.598 e.